The Bertz CT molecular complexity index is 108. The molecule has 0 aromatic heterocycles. The molecule has 0 saturated carbocycles. The fraction of sp³-hybridized carbons (Fsp3) is 0.500. The van der Waals surface area contributed by atoms with Crippen LogP contribution in [-0.2, 0) is 4.74 Å². The molecule has 1 nitrogen and oxygen atoms in total. The second kappa shape index (κ2) is 2.83. The quantitative estimate of drug-likeness (QED) is 0.448. The molecule has 1 heteroatoms. The largest absolute Gasteiger partial charge is 0.359 e. The Hall–Kier alpha value is -0.560. The maximum absolute atomic E-state index is 5.25. The summed E-state index contributed by atoms with van der Waals surface area (Å²) in [6, 6.07) is 0. The summed E-state index contributed by atoms with van der Waals surface area (Å²) < 4.78 is 5.25. The van der Waals surface area contributed by atoms with Crippen molar-refractivity contribution < 1.29 is 4.74 Å². The lowest BCUT2D eigenvalue weighted by atomic mass is 10.2. The van der Waals surface area contributed by atoms with Gasteiger partial charge in [-0.25, -0.2) is 0 Å². The fourth-order valence-electron chi connectivity index (χ4n) is 0.929. The van der Waals surface area contributed by atoms with Crippen molar-refractivity contribution in [3.63, 3.8) is 0 Å². The van der Waals surface area contributed by atoms with E-state index in [9.17, 15) is 0 Å². The van der Waals surface area contributed by atoms with E-state index in [1.807, 2.05) is 13.8 Å². The molecule has 2 rings (SSSR count). The Morgan fingerprint density at radius 3 is 1.33 bits per heavy atom. The van der Waals surface area contributed by atoms with Crippen LogP contribution in [-0.4, -0.2) is 12.2 Å². The van der Waals surface area contributed by atoms with Crippen LogP contribution in [0.5, 0.6) is 0 Å². The van der Waals surface area contributed by atoms with Gasteiger partial charge in [0.05, 0.1) is 12.2 Å². The minimum Gasteiger partial charge on any atom is -0.359 e. The summed E-state index contributed by atoms with van der Waals surface area (Å²) in [5.41, 5.74) is 0. The van der Waals surface area contributed by atoms with Gasteiger partial charge in [-0.3, -0.25) is 0 Å². The Morgan fingerprint density at radius 2 is 1.22 bits per heavy atom. The van der Waals surface area contributed by atoms with Gasteiger partial charge in [0.15, 0.2) is 0 Å². The highest BCUT2D eigenvalue weighted by atomic mass is 16.5. The topological polar surface area (TPSA) is 9.23 Å². The van der Waals surface area contributed by atoms with Crippen molar-refractivity contribution in [1.29, 1.82) is 0 Å². The van der Waals surface area contributed by atoms with Gasteiger partial charge >= 0.3 is 0 Å². The highest BCUT2D eigenvalue weighted by Gasteiger charge is 2.19. The second-order valence-corrected chi connectivity index (χ2v) is 1.84. The summed E-state index contributed by atoms with van der Waals surface area (Å²) in [6.45, 7) is 4.00. The molecule has 0 N–H and O–H groups in total. The van der Waals surface area contributed by atoms with Crippen LogP contribution in [0.15, 0.2) is 24.3 Å². The molecule has 0 aromatic rings. The van der Waals surface area contributed by atoms with Gasteiger partial charge in [0, 0.05) is 0 Å². The lowest BCUT2D eigenvalue weighted by molar-refractivity contribution is 0.136. The molecule has 0 spiro atoms. The van der Waals surface area contributed by atoms with Crippen LogP contribution >= 0.6 is 0 Å². The van der Waals surface area contributed by atoms with Crippen molar-refractivity contribution in [3.8, 4) is 0 Å². The summed E-state index contributed by atoms with van der Waals surface area (Å²) in [4.78, 5) is 0. The molecule has 2 aliphatic rings. The monoisotopic (exact) mass is 124 g/mol. The molecule has 0 atom stereocenters. The van der Waals surface area contributed by atoms with Gasteiger partial charge in [-0.2, -0.15) is 0 Å². The predicted octanol–water partition coefficient (Wildman–Crippen LogP) is 1.91. The smallest absolute Gasteiger partial charge is 0.0952 e. The molecule has 0 unspecified atom stereocenters. The minimum absolute atomic E-state index is 0.310. The second-order valence-electron chi connectivity index (χ2n) is 1.84. The van der Waals surface area contributed by atoms with Crippen LogP contribution in [0.2, 0.25) is 0 Å². The summed E-state index contributed by atoms with van der Waals surface area (Å²) >= 11 is 0. The van der Waals surface area contributed by atoms with E-state index in [0.717, 1.165) is 0 Å². The van der Waals surface area contributed by atoms with Crippen molar-refractivity contribution in [2.75, 3.05) is 0 Å². The Morgan fingerprint density at radius 1 is 0.889 bits per heavy atom. The van der Waals surface area contributed by atoms with Crippen LogP contribution in [0.1, 0.15) is 13.8 Å². The first-order valence-electron chi connectivity index (χ1n) is 3.47. The van der Waals surface area contributed by atoms with E-state index in [0.29, 0.717) is 12.2 Å². The zero-order valence-electron chi connectivity index (χ0n) is 5.87. The van der Waals surface area contributed by atoms with Gasteiger partial charge in [0.25, 0.3) is 0 Å². The lowest BCUT2D eigenvalue weighted by Gasteiger charge is -1.94. The molecule has 0 radical (unpaired) electrons. The Labute approximate surface area is 56.0 Å². The first kappa shape index (κ1) is 6.56. The standard InChI is InChI=1S/C6H6O.C2H6/c1-2-6-4-3-5(1)7-6;1-2/h1-6H;1-2H3. The van der Waals surface area contributed by atoms with E-state index in [4.69, 9.17) is 4.74 Å². The number of hydrogen-bond donors (Lipinski definition) is 0. The van der Waals surface area contributed by atoms with Crippen molar-refractivity contribution in [3.05, 3.63) is 24.3 Å². The Kier molecular flexibility index (Phi) is 2.06. The van der Waals surface area contributed by atoms with Crippen LogP contribution in [0.4, 0.5) is 0 Å². The third-order valence-corrected chi connectivity index (χ3v) is 1.30. The molecule has 50 valence electrons. The van der Waals surface area contributed by atoms with Gasteiger partial charge in [-0.15, -0.1) is 0 Å². The third-order valence-electron chi connectivity index (χ3n) is 1.30. The van der Waals surface area contributed by atoms with Gasteiger partial charge < -0.3 is 4.74 Å². The van der Waals surface area contributed by atoms with Crippen LogP contribution in [0.3, 0.4) is 0 Å². The van der Waals surface area contributed by atoms with Crippen LogP contribution in [0.25, 0.3) is 0 Å². The molecule has 9 heavy (non-hydrogen) atoms. The average Bonchev–Trinajstić information content (AvgIpc) is 2.53. The molecule has 0 amide bonds. The van der Waals surface area contributed by atoms with Crippen molar-refractivity contribution in [1.82, 2.24) is 0 Å². The molecule has 0 aliphatic carbocycles. The summed E-state index contributed by atoms with van der Waals surface area (Å²) in [5.74, 6) is 0. The minimum atomic E-state index is 0.310. The van der Waals surface area contributed by atoms with E-state index in [1.54, 1.807) is 0 Å². The van der Waals surface area contributed by atoms with Gasteiger partial charge in [-0.1, -0.05) is 38.2 Å². The molecule has 2 aliphatic heterocycles. The molecular weight excluding hydrogens is 112 g/mol. The van der Waals surface area contributed by atoms with Gasteiger partial charge in [-0.05, 0) is 0 Å². The van der Waals surface area contributed by atoms with Crippen molar-refractivity contribution in [2.24, 2.45) is 0 Å². The molecular formula is C8H12O. The highest BCUT2D eigenvalue weighted by molar-refractivity contribution is 5.22. The number of fused-ring (bicyclic) bond motifs is 2. The van der Waals surface area contributed by atoms with Gasteiger partial charge in [0.2, 0.25) is 0 Å². The maximum atomic E-state index is 5.25. The van der Waals surface area contributed by atoms with Gasteiger partial charge in [0.1, 0.15) is 0 Å². The molecule has 2 heterocycles. The summed E-state index contributed by atoms with van der Waals surface area (Å²) in [7, 11) is 0. The third kappa shape index (κ3) is 1.22. The van der Waals surface area contributed by atoms with Crippen molar-refractivity contribution >= 4 is 0 Å². The molecule has 0 aromatic carbocycles. The Balaban J connectivity index is 0.000000186. The van der Waals surface area contributed by atoms with Crippen molar-refractivity contribution in [2.45, 2.75) is 26.1 Å². The molecule has 0 saturated heterocycles. The zero-order valence-corrected chi connectivity index (χ0v) is 5.87. The van der Waals surface area contributed by atoms with E-state index in [2.05, 4.69) is 24.3 Å². The van der Waals surface area contributed by atoms with E-state index in [1.165, 1.54) is 0 Å². The maximum Gasteiger partial charge on any atom is 0.0952 e. The number of hydrogen-bond acceptors (Lipinski definition) is 1. The number of rotatable bonds is 0. The number of ether oxygens (including phenoxy) is 1. The van der Waals surface area contributed by atoms with Crippen LogP contribution < -0.4 is 0 Å². The SMILES string of the molecule is C1=CC2C=CC1O2.CC. The lowest BCUT2D eigenvalue weighted by Crippen LogP contribution is -1.97. The normalized spacial score (nSPS) is 34.4. The highest BCUT2D eigenvalue weighted by Crippen LogP contribution is 2.19. The summed E-state index contributed by atoms with van der Waals surface area (Å²) in [5, 5.41) is 0. The first-order chi connectivity index (χ1) is 4.45. The molecule has 0 fully saturated rings. The van der Waals surface area contributed by atoms with E-state index in [-0.39, 0.29) is 0 Å². The van der Waals surface area contributed by atoms with Crippen LogP contribution in [0, 0.1) is 0 Å². The van der Waals surface area contributed by atoms with E-state index < -0.39 is 0 Å². The summed E-state index contributed by atoms with van der Waals surface area (Å²) in [6.07, 6.45) is 8.92. The fourth-order valence-corrected chi connectivity index (χ4v) is 0.929. The first-order valence-corrected chi connectivity index (χ1v) is 3.47. The van der Waals surface area contributed by atoms with E-state index >= 15 is 0 Å². The predicted molar refractivity (Wildman–Crippen MR) is 38.3 cm³/mol. The zero-order chi connectivity index (χ0) is 6.69. The average molecular weight is 124 g/mol. The molecule has 2 bridgehead atoms.